The summed E-state index contributed by atoms with van der Waals surface area (Å²) >= 11 is 0. The third-order valence-electron chi connectivity index (χ3n) is 3.36. The van der Waals surface area contributed by atoms with E-state index in [9.17, 15) is 12.8 Å². The van der Waals surface area contributed by atoms with Crippen LogP contribution in [0.25, 0.3) is 0 Å². The molecule has 118 valence electrons. The third-order valence-corrected chi connectivity index (χ3v) is 4.82. The molecular formula is C14H21FN2O3S. The third kappa shape index (κ3) is 5.35. The number of halogens is 1. The number of rotatable bonds is 7. The van der Waals surface area contributed by atoms with Crippen molar-refractivity contribution in [3.8, 4) is 0 Å². The molecule has 2 rings (SSSR count). The van der Waals surface area contributed by atoms with E-state index in [1.165, 1.54) is 18.2 Å². The highest BCUT2D eigenvalue weighted by Crippen LogP contribution is 2.10. The van der Waals surface area contributed by atoms with Gasteiger partial charge < -0.3 is 10.1 Å². The van der Waals surface area contributed by atoms with Gasteiger partial charge >= 0.3 is 0 Å². The Balaban J connectivity index is 1.70. The van der Waals surface area contributed by atoms with Gasteiger partial charge in [-0.1, -0.05) is 6.07 Å². The fourth-order valence-corrected chi connectivity index (χ4v) is 3.31. The van der Waals surface area contributed by atoms with E-state index in [1.54, 1.807) is 0 Å². The van der Waals surface area contributed by atoms with Gasteiger partial charge in [-0.05, 0) is 50.6 Å². The second-order valence-electron chi connectivity index (χ2n) is 5.03. The van der Waals surface area contributed by atoms with Crippen molar-refractivity contribution in [3.05, 3.63) is 30.1 Å². The van der Waals surface area contributed by atoms with E-state index in [1.807, 2.05) is 0 Å². The summed E-state index contributed by atoms with van der Waals surface area (Å²) < 4.78 is 45.0. The highest BCUT2D eigenvalue weighted by molar-refractivity contribution is 7.89. The molecule has 0 spiro atoms. The molecule has 1 heterocycles. The van der Waals surface area contributed by atoms with Gasteiger partial charge in [-0.2, -0.15) is 0 Å². The molecule has 2 N–H and O–H groups in total. The standard InChI is InChI=1S/C14H21FN2O3S/c15-12-3-1-4-14(11-12)21(18,19)17-7-2-10-20-13-5-8-16-9-6-13/h1,3-4,11,13,16-17H,2,5-10H2. The molecule has 1 aliphatic rings. The fraction of sp³-hybridized carbons (Fsp3) is 0.571. The molecule has 0 atom stereocenters. The summed E-state index contributed by atoms with van der Waals surface area (Å²) in [5.41, 5.74) is 0. The van der Waals surface area contributed by atoms with E-state index in [0.717, 1.165) is 32.0 Å². The molecule has 1 fully saturated rings. The quantitative estimate of drug-likeness (QED) is 0.743. The van der Waals surface area contributed by atoms with Gasteiger partial charge in [0.15, 0.2) is 0 Å². The molecule has 0 aliphatic carbocycles. The van der Waals surface area contributed by atoms with Crippen LogP contribution in [0.5, 0.6) is 0 Å². The van der Waals surface area contributed by atoms with Crippen molar-refractivity contribution in [1.82, 2.24) is 10.0 Å². The van der Waals surface area contributed by atoms with E-state index < -0.39 is 15.8 Å². The van der Waals surface area contributed by atoms with Gasteiger partial charge in [0.2, 0.25) is 10.0 Å². The Morgan fingerprint density at radius 3 is 2.81 bits per heavy atom. The van der Waals surface area contributed by atoms with Crippen LogP contribution in [0.4, 0.5) is 4.39 Å². The van der Waals surface area contributed by atoms with E-state index in [2.05, 4.69) is 10.0 Å². The maximum Gasteiger partial charge on any atom is 0.240 e. The van der Waals surface area contributed by atoms with Gasteiger partial charge in [0.05, 0.1) is 11.0 Å². The summed E-state index contributed by atoms with van der Waals surface area (Å²) in [6.07, 6.45) is 2.86. The van der Waals surface area contributed by atoms with Crippen LogP contribution in [0.3, 0.4) is 0 Å². The first-order valence-electron chi connectivity index (χ1n) is 7.15. The zero-order valence-electron chi connectivity index (χ0n) is 11.8. The predicted molar refractivity (Wildman–Crippen MR) is 78.0 cm³/mol. The lowest BCUT2D eigenvalue weighted by atomic mass is 10.1. The van der Waals surface area contributed by atoms with Crippen molar-refractivity contribution < 1.29 is 17.5 Å². The van der Waals surface area contributed by atoms with Crippen molar-refractivity contribution in [1.29, 1.82) is 0 Å². The molecule has 1 aromatic carbocycles. The first-order chi connectivity index (χ1) is 10.1. The number of piperidine rings is 1. The first kappa shape index (κ1) is 16.4. The van der Waals surface area contributed by atoms with Crippen LogP contribution in [-0.4, -0.2) is 40.8 Å². The molecule has 1 saturated heterocycles. The van der Waals surface area contributed by atoms with E-state index in [4.69, 9.17) is 4.74 Å². The summed E-state index contributed by atoms with van der Waals surface area (Å²) in [6, 6.07) is 4.97. The Labute approximate surface area is 124 Å². The molecule has 0 amide bonds. The Bertz CT molecular complexity index is 545. The fourth-order valence-electron chi connectivity index (χ4n) is 2.21. The Morgan fingerprint density at radius 2 is 2.10 bits per heavy atom. The maximum atomic E-state index is 13.0. The van der Waals surface area contributed by atoms with Gasteiger partial charge in [0.1, 0.15) is 5.82 Å². The zero-order valence-corrected chi connectivity index (χ0v) is 12.7. The minimum atomic E-state index is -3.64. The van der Waals surface area contributed by atoms with Crippen molar-refractivity contribution in [3.63, 3.8) is 0 Å². The van der Waals surface area contributed by atoms with Crippen molar-refractivity contribution >= 4 is 10.0 Å². The zero-order chi connectivity index (χ0) is 15.1. The van der Waals surface area contributed by atoms with Crippen molar-refractivity contribution in [2.24, 2.45) is 0 Å². The number of nitrogens with one attached hydrogen (secondary N) is 2. The molecule has 1 aliphatic heterocycles. The van der Waals surface area contributed by atoms with E-state index in [0.29, 0.717) is 13.0 Å². The van der Waals surface area contributed by atoms with Crippen molar-refractivity contribution in [2.75, 3.05) is 26.2 Å². The molecular weight excluding hydrogens is 295 g/mol. The molecule has 1 aromatic rings. The van der Waals surface area contributed by atoms with Crippen molar-refractivity contribution in [2.45, 2.75) is 30.3 Å². The summed E-state index contributed by atoms with van der Waals surface area (Å²) in [5.74, 6) is -0.563. The minimum Gasteiger partial charge on any atom is -0.378 e. The highest BCUT2D eigenvalue weighted by atomic mass is 32.2. The molecule has 5 nitrogen and oxygen atoms in total. The van der Waals surface area contributed by atoms with Crippen LogP contribution in [0.2, 0.25) is 0 Å². The molecule has 0 aromatic heterocycles. The van der Waals surface area contributed by atoms with Crippen LogP contribution < -0.4 is 10.0 Å². The molecule has 0 unspecified atom stereocenters. The van der Waals surface area contributed by atoms with E-state index >= 15 is 0 Å². The number of benzene rings is 1. The summed E-state index contributed by atoms with van der Waals surface area (Å²) in [4.78, 5) is -0.0539. The SMILES string of the molecule is O=S(=O)(NCCCOC1CCNCC1)c1cccc(F)c1. The van der Waals surface area contributed by atoms with Crippen LogP contribution in [0, 0.1) is 5.82 Å². The van der Waals surface area contributed by atoms with Gasteiger partial charge in [-0.15, -0.1) is 0 Å². The normalized spacial score (nSPS) is 17.0. The summed E-state index contributed by atoms with van der Waals surface area (Å²) in [6.45, 7) is 2.74. The van der Waals surface area contributed by atoms with Crippen LogP contribution in [0.15, 0.2) is 29.2 Å². The second kappa shape index (κ2) is 7.84. The second-order valence-corrected chi connectivity index (χ2v) is 6.80. The minimum absolute atomic E-state index is 0.0539. The Morgan fingerprint density at radius 1 is 1.33 bits per heavy atom. The lowest BCUT2D eigenvalue weighted by molar-refractivity contribution is 0.0322. The highest BCUT2D eigenvalue weighted by Gasteiger charge is 2.15. The number of sulfonamides is 1. The summed E-state index contributed by atoms with van der Waals surface area (Å²) in [7, 11) is -3.64. The number of hydrogen-bond donors (Lipinski definition) is 2. The first-order valence-corrected chi connectivity index (χ1v) is 8.64. The molecule has 0 saturated carbocycles. The maximum absolute atomic E-state index is 13.0. The van der Waals surface area contributed by atoms with Crippen LogP contribution in [-0.2, 0) is 14.8 Å². The van der Waals surface area contributed by atoms with Gasteiger partial charge in [-0.3, -0.25) is 0 Å². The lowest BCUT2D eigenvalue weighted by Crippen LogP contribution is -2.33. The average Bonchev–Trinajstić information content (AvgIpc) is 2.48. The average molecular weight is 316 g/mol. The topological polar surface area (TPSA) is 67.4 Å². The molecule has 0 radical (unpaired) electrons. The largest absolute Gasteiger partial charge is 0.378 e. The summed E-state index contributed by atoms with van der Waals surface area (Å²) in [5, 5.41) is 3.26. The van der Waals surface area contributed by atoms with Gasteiger partial charge in [0, 0.05) is 13.2 Å². The Kier molecular flexibility index (Phi) is 6.10. The van der Waals surface area contributed by atoms with Gasteiger partial charge in [-0.25, -0.2) is 17.5 Å². The lowest BCUT2D eigenvalue weighted by Gasteiger charge is -2.22. The number of hydrogen-bond acceptors (Lipinski definition) is 4. The number of ether oxygens (including phenoxy) is 1. The molecule has 7 heteroatoms. The van der Waals surface area contributed by atoms with E-state index in [-0.39, 0.29) is 17.5 Å². The van der Waals surface area contributed by atoms with Gasteiger partial charge in [0.25, 0.3) is 0 Å². The molecule has 21 heavy (non-hydrogen) atoms. The van der Waals surface area contributed by atoms with Crippen LogP contribution >= 0.6 is 0 Å². The Hall–Kier alpha value is -1.02. The monoisotopic (exact) mass is 316 g/mol. The predicted octanol–water partition coefficient (Wildman–Crippen LogP) is 1.26. The van der Waals surface area contributed by atoms with Crippen LogP contribution in [0.1, 0.15) is 19.3 Å². The molecule has 0 bridgehead atoms. The smallest absolute Gasteiger partial charge is 0.240 e.